The van der Waals surface area contributed by atoms with Gasteiger partial charge in [-0.1, -0.05) is 6.07 Å². The maximum Gasteiger partial charge on any atom is 0.358 e. The molecule has 1 aliphatic rings. The van der Waals surface area contributed by atoms with E-state index in [9.17, 15) is 14.0 Å². The predicted molar refractivity (Wildman–Crippen MR) is 132 cm³/mol. The molecule has 1 unspecified atom stereocenters. The third kappa shape index (κ3) is 4.29. The van der Waals surface area contributed by atoms with Crippen molar-refractivity contribution in [2.75, 3.05) is 13.7 Å². The number of rotatable bonds is 8. The van der Waals surface area contributed by atoms with Crippen LogP contribution in [0.1, 0.15) is 41.8 Å². The van der Waals surface area contributed by atoms with Gasteiger partial charge in [-0.2, -0.15) is 0 Å². The summed E-state index contributed by atoms with van der Waals surface area (Å²) < 4.78 is 38.6. The predicted octanol–water partition coefficient (Wildman–Crippen LogP) is 4.50. The molecule has 1 aliphatic heterocycles. The molecule has 0 amide bonds. The normalized spacial score (nSPS) is 16.5. The molecule has 1 atom stereocenters. The number of halogens is 1. The number of carbonyl (C=O) groups excluding carboxylic acids is 2. The Labute approximate surface area is 217 Å². The van der Waals surface area contributed by atoms with Crippen LogP contribution in [-0.2, 0) is 21.7 Å². The fraction of sp³-hybridized carbons (Fsp3) is 0.296. The zero-order chi connectivity index (χ0) is 26.9. The van der Waals surface area contributed by atoms with Crippen LogP contribution in [0.15, 0.2) is 47.0 Å². The molecule has 4 aromatic rings. The van der Waals surface area contributed by atoms with Crippen LogP contribution < -0.4 is 9.47 Å². The Morgan fingerprint density at radius 1 is 1.24 bits per heavy atom. The molecule has 11 heteroatoms. The zero-order valence-corrected chi connectivity index (χ0v) is 21.1. The third-order valence-corrected chi connectivity index (χ3v) is 6.36. The van der Waals surface area contributed by atoms with E-state index < -0.39 is 17.4 Å². The van der Waals surface area contributed by atoms with Crippen LogP contribution in [0.3, 0.4) is 0 Å². The Morgan fingerprint density at radius 2 is 2.08 bits per heavy atom. The number of fused-ring (bicyclic) bond motifs is 1. The number of methoxy groups -OCH3 is 1. The second-order valence-corrected chi connectivity index (χ2v) is 8.71. The quantitative estimate of drug-likeness (QED) is 0.244. The average molecular weight is 521 g/mol. The fourth-order valence-corrected chi connectivity index (χ4v) is 4.60. The number of hydrogen-bond acceptors (Lipinski definition) is 9. The van der Waals surface area contributed by atoms with Crippen molar-refractivity contribution in [3.05, 3.63) is 65.7 Å². The lowest BCUT2D eigenvalue weighted by Gasteiger charge is -2.35. The minimum atomic E-state index is -1.64. The number of aryl methyl sites for hydroxylation is 1. The number of nitrogens with zero attached hydrogens (tertiary/aromatic N) is 4. The van der Waals surface area contributed by atoms with Gasteiger partial charge in [-0.25, -0.2) is 14.2 Å². The van der Waals surface area contributed by atoms with Gasteiger partial charge in [0.25, 0.3) is 5.60 Å². The van der Waals surface area contributed by atoms with Crippen molar-refractivity contribution in [3.8, 4) is 34.2 Å². The number of oxazole rings is 1. The molecule has 196 valence electrons. The van der Waals surface area contributed by atoms with E-state index in [1.54, 1.807) is 31.7 Å². The minimum Gasteiger partial charge on any atom is -0.496 e. The van der Waals surface area contributed by atoms with Crippen molar-refractivity contribution >= 4 is 12.3 Å². The van der Waals surface area contributed by atoms with Gasteiger partial charge >= 0.3 is 5.97 Å². The van der Waals surface area contributed by atoms with Crippen LogP contribution in [0.25, 0.3) is 22.7 Å². The second-order valence-electron chi connectivity index (χ2n) is 8.71. The molecule has 0 bridgehead atoms. The molecule has 3 heterocycles. The molecule has 2 aromatic heterocycles. The van der Waals surface area contributed by atoms with Crippen molar-refractivity contribution in [1.29, 1.82) is 0 Å². The summed E-state index contributed by atoms with van der Waals surface area (Å²) in [6, 6.07) is 9.21. The highest BCUT2D eigenvalue weighted by Gasteiger charge is 2.51. The van der Waals surface area contributed by atoms with Crippen LogP contribution in [0, 0.1) is 12.7 Å². The number of benzene rings is 2. The van der Waals surface area contributed by atoms with Gasteiger partial charge in [0.2, 0.25) is 0 Å². The first-order valence-corrected chi connectivity index (χ1v) is 12.1. The average Bonchev–Trinajstić information content (AvgIpc) is 3.56. The van der Waals surface area contributed by atoms with Gasteiger partial charge in [0, 0.05) is 25.5 Å². The maximum absolute atomic E-state index is 13.9. The van der Waals surface area contributed by atoms with Crippen molar-refractivity contribution < 1.29 is 32.6 Å². The van der Waals surface area contributed by atoms with Gasteiger partial charge < -0.3 is 23.2 Å². The summed E-state index contributed by atoms with van der Waals surface area (Å²) in [6.45, 7) is 4.09. The Morgan fingerprint density at radius 3 is 2.79 bits per heavy atom. The monoisotopic (exact) mass is 520 g/mol. The lowest BCUT2D eigenvalue weighted by atomic mass is 9.92. The Kier molecular flexibility index (Phi) is 6.66. The largest absolute Gasteiger partial charge is 0.496 e. The Bertz CT molecular complexity index is 1510. The van der Waals surface area contributed by atoms with Gasteiger partial charge in [0.05, 0.1) is 31.0 Å². The summed E-state index contributed by atoms with van der Waals surface area (Å²) in [4.78, 5) is 28.8. The molecule has 0 radical (unpaired) electrons. The number of aromatic nitrogens is 4. The summed E-state index contributed by atoms with van der Waals surface area (Å²) in [5.74, 6) is 1.20. The van der Waals surface area contributed by atoms with Crippen molar-refractivity contribution in [3.63, 3.8) is 0 Å². The number of aldehydes is 1. The van der Waals surface area contributed by atoms with Gasteiger partial charge in [-0.3, -0.25) is 4.79 Å². The van der Waals surface area contributed by atoms with Crippen LogP contribution in [0.2, 0.25) is 0 Å². The summed E-state index contributed by atoms with van der Waals surface area (Å²) in [7, 11) is 1.56. The highest BCUT2D eigenvalue weighted by atomic mass is 19.1. The van der Waals surface area contributed by atoms with Crippen molar-refractivity contribution in [2.45, 2.75) is 38.8 Å². The summed E-state index contributed by atoms with van der Waals surface area (Å²) in [6.07, 6.45) is 2.82. The van der Waals surface area contributed by atoms with Crippen molar-refractivity contribution in [1.82, 2.24) is 19.7 Å². The second kappa shape index (κ2) is 10.1. The van der Waals surface area contributed by atoms with Gasteiger partial charge in [0.15, 0.2) is 29.6 Å². The summed E-state index contributed by atoms with van der Waals surface area (Å²) in [5, 5.41) is 8.75. The molecule has 0 saturated carbocycles. The SMILES string of the molecule is CCOC(=O)C1(Oc2ccc(F)c(C=O)c2)CCCn2c(-c3ccc(-c4cnc(C)o4)c(OC)c3)nnc21. The molecule has 0 spiro atoms. The molecule has 0 N–H and O–H groups in total. The molecular formula is C27H25FN4O6. The molecule has 0 fully saturated rings. The lowest BCUT2D eigenvalue weighted by molar-refractivity contribution is -0.166. The van der Waals surface area contributed by atoms with E-state index in [2.05, 4.69) is 15.2 Å². The van der Waals surface area contributed by atoms with E-state index in [0.29, 0.717) is 48.0 Å². The molecule has 5 rings (SSSR count). The van der Waals surface area contributed by atoms with E-state index in [0.717, 1.165) is 11.6 Å². The lowest BCUT2D eigenvalue weighted by Crippen LogP contribution is -2.47. The zero-order valence-electron chi connectivity index (χ0n) is 21.1. The van der Waals surface area contributed by atoms with E-state index >= 15 is 0 Å². The maximum atomic E-state index is 13.9. The molecular weight excluding hydrogens is 495 g/mol. The number of carbonyl (C=O) groups is 2. The first-order chi connectivity index (χ1) is 18.4. The standard InChI is InChI=1S/C27H25FN4O6/c1-4-36-26(34)27(38-19-7-9-21(28)18(12-19)15-33)10-5-11-32-24(30-31-25(27)32)17-6-8-20(22(13-17)35-3)23-14-29-16(2)37-23/h6-9,12-15H,4-5,10-11H2,1-3H3. The van der Waals surface area contributed by atoms with Crippen LogP contribution in [0.4, 0.5) is 4.39 Å². The first-order valence-electron chi connectivity index (χ1n) is 12.1. The third-order valence-electron chi connectivity index (χ3n) is 6.36. The van der Waals surface area contributed by atoms with Gasteiger partial charge in [-0.05, 0) is 43.7 Å². The molecule has 38 heavy (non-hydrogen) atoms. The van der Waals surface area contributed by atoms with Gasteiger partial charge in [0.1, 0.15) is 17.3 Å². The fourth-order valence-electron chi connectivity index (χ4n) is 4.60. The Hall–Kier alpha value is -4.54. The smallest absolute Gasteiger partial charge is 0.358 e. The van der Waals surface area contributed by atoms with E-state index in [1.807, 2.05) is 18.2 Å². The molecule has 10 nitrogen and oxygen atoms in total. The van der Waals surface area contributed by atoms with Crippen molar-refractivity contribution in [2.24, 2.45) is 0 Å². The van der Waals surface area contributed by atoms with E-state index in [-0.39, 0.29) is 30.2 Å². The summed E-state index contributed by atoms with van der Waals surface area (Å²) in [5.41, 5.74) is -0.403. The summed E-state index contributed by atoms with van der Waals surface area (Å²) >= 11 is 0. The van der Waals surface area contributed by atoms with Gasteiger partial charge in [-0.15, -0.1) is 10.2 Å². The van der Waals surface area contributed by atoms with Crippen LogP contribution in [-0.4, -0.2) is 45.7 Å². The number of esters is 1. The number of ether oxygens (including phenoxy) is 3. The van der Waals surface area contributed by atoms with E-state index in [4.69, 9.17) is 18.6 Å². The highest BCUT2D eigenvalue weighted by Crippen LogP contribution is 2.40. The van der Waals surface area contributed by atoms with E-state index in [1.165, 1.54) is 12.1 Å². The molecule has 0 saturated heterocycles. The Balaban J connectivity index is 1.59. The minimum absolute atomic E-state index is 0.119. The first kappa shape index (κ1) is 25.1. The topological polar surface area (TPSA) is 119 Å². The van der Waals surface area contributed by atoms with Crippen LogP contribution >= 0.6 is 0 Å². The highest BCUT2D eigenvalue weighted by molar-refractivity contribution is 5.82. The molecule has 0 aliphatic carbocycles. The van der Waals surface area contributed by atoms with Crippen LogP contribution in [0.5, 0.6) is 11.5 Å². The molecule has 2 aromatic carbocycles. The number of hydrogen-bond donors (Lipinski definition) is 0.